The van der Waals surface area contributed by atoms with Gasteiger partial charge < -0.3 is 5.32 Å². The summed E-state index contributed by atoms with van der Waals surface area (Å²) < 4.78 is 0. The number of anilines is 1. The highest BCUT2D eigenvalue weighted by Gasteiger charge is 2.12. The summed E-state index contributed by atoms with van der Waals surface area (Å²) in [5, 5.41) is 14.4. The second kappa shape index (κ2) is 7.88. The van der Waals surface area contributed by atoms with Gasteiger partial charge in [0.25, 0.3) is 5.91 Å². The summed E-state index contributed by atoms with van der Waals surface area (Å²) in [6.07, 6.45) is 0. The summed E-state index contributed by atoms with van der Waals surface area (Å²) in [6, 6.07) is 15.2. The zero-order valence-corrected chi connectivity index (χ0v) is 15.3. The fourth-order valence-electron chi connectivity index (χ4n) is 2.50. The molecule has 0 radical (unpaired) electrons. The minimum absolute atomic E-state index is 0.133. The number of nitrogens with zero attached hydrogens (tertiary/aromatic N) is 2. The molecule has 0 unspecified atom stereocenters. The Morgan fingerprint density at radius 2 is 1.69 bits per heavy atom. The molecule has 0 bridgehead atoms. The molecule has 132 valence electrons. The molecule has 3 rings (SSSR count). The maximum atomic E-state index is 12.2. The van der Waals surface area contributed by atoms with Crippen LogP contribution in [-0.2, 0) is 4.79 Å². The lowest BCUT2D eigenvalue weighted by Crippen LogP contribution is -2.32. The number of carbonyl (C=O) groups is 2. The van der Waals surface area contributed by atoms with E-state index in [-0.39, 0.29) is 18.4 Å². The summed E-state index contributed by atoms with van der Waals surface area (Å²) in [6.45, 7) is 3.72. The Labute approximate surface area is 155 Å². The summed E-state index contributed by atoms with van der Waals surface area (Å²) >= 11 is 1.28. The van der Waals surface area contributed by atoms with E-state index >= 15 is 0 Å². The molecular weight excluding hydrogens is 348 g/mol. The molecule has 0 saturated carbocycles. The number of hydrogen-bond donors (Lipinski definition) is 2. The number of benzene rings is 2. The van der Waals surface area contributed by atoms with Gasteiger partial charge in [0, 0.05) is 11.1 Å². The number of aryl methyl sites for hydroxylation is 2. The molecule has 26 heavy (non-hydrogen) atoms. The Bertz CT molecular complexity index is 917. The highest BCUT2D eigenvalue weighted by Crippen LogP contribution is 2.25. The number of nitrogens with one attached hydrogen (secondary N) is 2. The fourth-order valence-corrected chi connectivity index (χ4v) is 3.27. The Morgan fingerprint density at radius 3 is 2.38 bits per heavy atom. The molecule has 0 spiro atoms. The molecule has 1 heterocycles. The SMILES string of the molecule is Cc1cc(C)cc(C(=O)NCC(=O)Nc2nnc(-c3ccccc3)s2)c1. The van der Waals surface area contributed by atoms with Crippen molar-refractivity contribution in [3.8, 4) is 10.6 Å². The predicted molar refractivity (Wildman–Crippen MR) is 102 cm³/mol. The number of hydrogen-bond acceptors (Lipinski definition) is 5. The van der Waals surface area contributed by atoms with E-state index < -0.39 is 0 Å². The molecule has 0 aliphatic rings. The van der Waals surface area contributed by atoms with E-state index in [2.05, 4.69) is 20.8 Å². The molecule has 0 saturated heterocycles. The average molecular weight is 366 g/mol. The molecular formula is C19H18N4O2S. The third-order valence-electron chi connectivity index (χ3n) is 3.59. The van der Waals surface area contributed by atoms with Crippen molar-refractivity contribution in [2.75, 3.05) is 11.9 Å². The number of amides is 2. The smallest absolute Gasteiger partial charge is 0.251 e. The first-order valence-corrected chi connectivity index (χ1v) is 8.88. The first-order chi connectivity index (χ1) is 12.5. The summed E-state index contributed by atoms with van der Waals surface area (Å²) in [5.41, 5.74) is 3.48. The molecule has 0 fully saturated rings. The molecule has 2 amide bonds. The number of rotatable bonds is 5. The van der Waals surface area contributed by atoms with Crippen LogP contribution >= 0.6 is 11.3 Å². The Balaban J connectivity index is 1.56. The van der Waals surface area contributed by atoms with Crippen LogP contribution in [0.15, 0.2) is 48.5 Å². The summed E-state index contributed by atoms with van der Waals surface area (Å²) in [4.78, 5) is 24.2. The zero-order valence-electron chi connectivity index (χ0n) is 14.4. The number of aromatic nitrogens is 2. The highest BCUT2D eigenvalue weighted by molar-refractivity contribution is 7.18. The van der Waals surface area contributed by atoms with Crippen LogP contribution in [0.4, 0.5) is 5.13 Å². The predicted octanol–water partition coefficient (Wildman–Crippen LogP) is 3.19. The lowest BCUT2D eigenvalue weighted by molar-refractivity contribution is -0.115. The van der Waals surface area contributed by atoms with Gasteiger partial charge in [-0.3, -0.25) is 14.9 Å². The van der Waals surface area contributed by atoms with Crippen LogP contribution in [0, 0.1) is 13.8 Å². The van der Waals surface area contributed by atoms with Crippen LogP contribution in [0.1, 0.15) is 21.5 Å². The van der Waals surface area contributed by atoms with Crippen molar-refractivity contribution < 1.29 is 9.59 Å². The van der Waals surface area contributed by atoms with Gasteiger partial charge >= 0.3 is 0 Å². The van der Waals surface area contributed by atoms with Gasteiger partial charge in [0.2, 0.25) is 11.0 Å². The molecule has 0 atom stereocenters. The second-order valence-corrected chi connectivity index (χ2v) is 6.86. The van der Waals surface area contributed by atoms with Gasteiger partial charge in [0.15, 0.2) is 0 Å². The maximum Gasteiger partial charge on any atom is 0.251 e. The quantitative estimate of drug-likeness (QED) is 0.726. The van der Waals surface area contributed by atoms with Gasteiger partial charge in [-0.05, 0) is 26.0 Å². The summed E-state index contributed by atoms with van der Waals surface area (Å²) in [7, 11) is 0. The van der Waals surface area contributed by atoms with Gasteiger partial charge in [-0.1, -0.05) is 58.9 Å². The van der Waals surface area contributed by atoms with Gasteiger partial charge in [0.05, 0.1) is 6.54 Å². The van der Waals surface area contributed by atoms with Crippen molar-refractivity contribution in [3.63, 3.8) is 0 Å². The van der Waals surface area contributed by atoms with E-state index in [0.29, 0.717) is 10.7 Å². The fraction of sp³-hybridized carbons (Fsp3) is 0.158. The summed E-state index contributed by atoms with van der Waals surface area (Å²) in [5.74, 6) is -0.632. The number of carbonyl (C=O) groups excluding carboxylic acids is 2. The Kier molecular flexibility index (Phi) is 5.38. The van der Waals surface area contributed by atoms with Gasteiger partial charge in [-0.2, -0.15) is 0 Å². The average Bonchev–Trinajstić information content (AvgIpc) is 3.08. The van der Waals surface area contributed by atoms with Crippen molar-refractivity contribution in [2.24, 2.45) is 0 Å². The molecule has 0 aliphatic heterocycles. The largest absolute Gasteiger partial charge is 0.343 e. The van der Waals surface area contributed by atoms with E-state index in [1.165, 1.54) is 11.3 Å². The Hall–Kier alpha value is -3.06. The minimum atomic E-state index is -0.349. The topological polar surface area (TPSA) is 84.0 Å². The Morgan fingerprint density at radius 1 is 1.00 bits per heavy atom. The van der Waals surface area contributed by atoms with Gasteiger partial charge in [0.1, 0.15) is 5.01 Å². The highest BCUT2D eigenvalue weighted by atomic mass is 32.1. The lowest BCUT2D eigenvalue weighted by Gasteiger charge is -2.06. The third-order valence-corrected chi connectivity index (χ3v) is 4.47. The van der Waals surface area contributed by atoms with Crippen LogP contribution < -0.4 is 10.6 Å². The molecule has 0 aliphatic carbocycles. The normalized spacial score (nSPS) is 10.4. The van der Waals surface area contributed by atoms with Gasteiger partial charge in [-0.15, -0.1) is 10.2 Å². The van der Waals surface area contributed by atoms with Crippen molar-refractivity contribution in [2.45, 2.75) is 13.8 Å². The molecule has 6 nitrogen and oxygen atoms in total. The minimum Gasteiger partial charge on any atom is -0.343 e. The van der Waals surface area contributed by atoms with Crippen molar-refractivity contribution >= 4 is 28.3 Å². The van der Waals surface area contributed by atoms with Gasteiger partial charge in [-0.25, -0.2) is 0 Å². The van der Waals surface area contributed by atoms with Crippen molar-refractivity contribution in [1.29, 1.82) is 0 Å². The van der Waals surface area contributed by atoms with E-state index in [9.17, 15) is 9.59 Å². The standard InChI is InChI=1S/C19H18N4O2S/c1-12-8-13(2)10-15(9-12)17(25)20-11-16(24)21-19-23-22-18(26-19)14-6-4-3-5-7-14/h3-10H,11H2,1-2H3,(H,20,25)(H,21,23,24). The zero-order chi connectivity index (χ0) is 18.5. The first kappa shape index (κ1) is 17.8. The molecule has 2 N–H and O–H groups in total. The van der Waals surface area contributed by atoms with E-state index in [0.717, 1.165) is 21.7 Å². The van der Waals surface area contributed by atoms with Crippen LogP contribution in [0.3, 0.4) is 0 Å². The molecule has 7 heteroatoms. The van der Waals surface area contributed by atoms with Crippen molar-refractivity contribution in [3.05, 3.63) is 65.2 Å². The third kappa shape index (κ3) is 4.52. The van der Waals surface area contributed by atoms with Crippen LogP contribution in [0.5, 0.6) is 0 Å². The van der Waals surface area contributed by atoms with Crippen LogP contribution in [0.25, 0.3) is 10.6 Å². The van der Waals surface area contributed by atoms with Crippen LogP contribution in [-0.4, -0.2) is 28.6 Å². The maximum absolute atomic E-state index is 12.2. The van der Waals surface area contributed by atoms with Crippen LogP contribution in [0.2, 0.25) is 0 Å². The molecule has 2 aromatic carbocycles. The van der Waals surface area contributed by atoms with E-state index in [4.69, 9.17) is 0 Å². The van der Waals surface area contributed by atoms with E-state index in [1.54, 1.807) is 12.1 Å². The molecule has 1 aromatic heterocycles. The lowest BCUT2D eigenvalue weighted by atomic mass is 10.1. The molecule has 3 aromatic rings. The monoisotopic (exact) mass is 366 g/mol. The van der Waals surface area contributed by atoms with Crippen molar-refractivity contribution in [1.82, 2.24) is 15.5 Å². The first-order valence-electron chi connectivity index (χ1n) is 8.06. The van der Waals surface area contributed by atoms with E-state index in [1.807, 2.05) is 50.2 Å². The second-order valence-electron chi connectivity index (χ2n) is 5.89.